The number of ether oxygens (including phenoxy) is 2. The number of fused-ring (bicyclic) bond motifs is 1. The van der Waals surface area contributed by atoms with Gasteiger partial charge in [0.15, 0.2) is 11.5 Å². The van der Waals surface area contributed by atoms with Crippen LogP contribution in [0, 0.1) is 0 Å². The van der Waals surface area contributed by atoms with Crippen LogP contribution in [0.15, 0.2) is 72.8 Å². The third-order valence-electron chi connectivity index (χ3n) is 3.89. The fourth-order valence-electron chi connectivity index (χ4n) is 2.63. The highest BCUT2D eigenvalue weighted by Crippen LogP contribution is 2.36. The molecule has 0 unspecified atom stereocenters. The van der Waals surface area contributed by atoms with Crippen molar-refractivity contribution >= 4 is 11.4 Å². The average molecular weight is 304 g/mol. The minimum Gasteiger partial charge on any atom is -0.454 e. The number of hydrazine groups is 1. The molecule has 3 aromatic rings. The van der Waals surface area contributed by atoms with Gasteiger partial charge in [-0.2, -0.15) is 0 Å². The molecule has 0 fully saturated rings. The summed E-state index contributed by atoms with van der Waals surface area (Å²) in [5, 5.41) is 1.64. The monoisotopic (exact) mass is 304 g/mol. The summed E-state index contributed by atoms with van der Waals surface area (Å²) in [5.41, 5.74) is 4.10. The molecule has 4 heteroatoms. The Morgan fingerprint density at radius 2 is 1.35 bits per heavy atom. The third-order valence-corrected chi connectivity index (χ3v) is 3.89. The van der Waals surface area contributed by atoms with Gasteiger partial charge in [-0.1, -0.05) is 42.5 Å². The van der Waals surface area contributed by atoms with Crippen molar-refractivity contribution in [2.24, 2.45) is 5.84 Å². The molecule has 0 aromatic heterocycles. The molecule has 23 heavy (non-hydrogen) atoms. The normalized spacial score (nSPS) is 12.2. The van der Waals surface area contributed by atoms with E-state index in [1.165, 1.54) is 5.56 Å². The van der Waals surface area contributed by atoms with Crippen molar-refractivity contribution < 1.29 is 9.47 Å². The molecule has 1 aliphatic rings. The molecule has 0 aliphatic carbocycles. The zero-order chi connectivity index (χ0) is 15.6. The minimum absolute atomic E-state index is 0.259. The summed E-state index contributed by atoms with van der Waals surface area (Å²) in [6, 6.07) is 24.1. The molecular formula is C19H16N2O2. The molecule has 114 valence electrons. The Morgan fingerprint density at radius 1 is 0.696 bits per heavy atom. The Kier molecular flexibility index (Phi) is 3.37. The van der Waals surface area contributed by atoms with Gasteiger partial charge in [0.1, 0.15) is 0 Å². The summed E-state index contributed by atoms with van der Waals surface area (Å²) < 4.78 is 10.7. The Balaban J connectivity index is 1.60. The highest BCUT2D eigenvalue weighted by molar-refractivity contribution is 5.70. The minimum atomic E-state index is 0.259. The van der Waals surface area contributed by atoms with Gasteiger partial charge in [-0.3, -0.25) is 5.01 Å². The SMILES string of the molecule is NN(c1ccc(-c2ccccc2)cc1)c1ccc2c(c1)OCO2. The van der Waals surface area contributed by atoms with Crippen molar-refractivity contribution in [1.82, 2.24) is 0 Å². The predicted molar refractivity (Wildman–Crippen MR) is 90.8 cm³/mol. The Hall–Kier alpha value is -2.98. The molecule has 1 heterocycles. The summed E-state index contributed by atoms with van der Waals surface area (Å²) in [5.74, 6) is 7.71. The molecule has 0 saturated carbocycles. The van der Waals surface area contributed by atoms with Crippen molar-refractivity contribution in [3.8, 4) is 22.6 Å². The van der Waals surface area contributed by atoms with Crippen molar-refractivity contribution in [1.29, 1.82) is 0 Å². The number of rotatable bonds is 3. The van der Waals surface area contributed by atoms with Gasteiger partial charge >= 0.3 is 0 Å². The topological polar surface area (TPSA) is 47.7 Å². The summed E-state index contributed by atoms with van der Waals surface area (Å²) in [6.45, 7) is 0.259. The maximum Gasteiger partial charge on any atom is 0.231 e. The van der Waals surface area contributed by atoms with E-state index in [-0.39, 0.29) is 6.79 Å². The standard InChI is InChI=1S/C19H16N2O2/c20-21(17-10-11-18-19(12-17)23-13-22-18)16-8-6-15(7-9-16)14-4-2-1-3-5-14/h1-12H,13,20H2. The first kappa shape index (κ1) is 13.7. The lowest BCUT2D eigenvalue weighted by Crippen LogP contribution is -2.24. The second-order valence-corrected chi connectivity index (χ2v) is 5.32. The first-order chi connectivity index (χ1) is 11.3. The van der Waals surface area contributed by atoms with Gasteiger partial charge in [-0.05, 0) is 35.4 Å². The molecule has 0 saturated heterocycles. The highest BCUT2D eigenvalue weighted by atomic mass is 16.7. The maximum atomic E-state index is 6.24. The molecule has 4 nitrogen and oxygen atoms in total. The van der Waals surface area contributed by atoms with Crippen LogP contribution >= 0.6 is 0 Å². The van der Waals surface area contributed by atoms with Gasteiger partial charge in [-0.25, -0.2) is 5.84 Å². The second kappa shape index (κ2) is 5.66. The van der Waals surface area contributed by atoms with Crippen molar-refractivity contribution in [2.45, 2.75) is 0 Å². The second-order valence-electron chi connectivity index (χ2n) is 5.32. The van der Waals surface area contributed by atoms with Crippen LogP contribution in [0.1, 0.15) is 0 Å². The Bertz CT molecular complexity index is 817. The quantitative estimate of drug-likeness (QED) is 0.585. The largest absolute Gasteiger partial charge is 0.454 e. The first-order valence-electron chi connectivity index (χ1n) is 7.41. The van der Waals surface area contributed by atoms with Crippen LogP contribution in [0.4, 0.5) is 11.4 Å². The molecule has 0 atom stereocenters. The molecule has 0 radical (unpaired) electrons. The van der Waals surface area contributed by atoms with Gasteiger partial charge in [0.2, 0.25) is 6.79 Å². The van der Waals surface area contributed by atoms with Crippen LogP contribution in [0.25, 0.3) is 11.1 Å². The number of anilines is 2. The Labute approximate surface area is 134 Å². The van der Waals surface area contributed by atoms with E-state index in [0.717, 1.165) is 28.4 Å². The van der Waals surface area contributed by atoms with Gasteiger partial charge in [-0.15, -0.1) is 0 Å². The van der Waals surface area contributed by atoms with E-state index >= 15 is 0 Å². The van der Waals surface area contributed by atoms with E-state index in [1.54, 1.807) is 5.01 Å². The van der Waals surface area contributed by atoms with Crippen LogP contribution in [-0.2, 0) is 0 Å². The van der Waals surface area contributed by atoms with Crippen molar-refractivity contribution in [2.75, 3.05) is 11.8 Å². The third kappa shape index (κ3) is 2.60. The van der Waals surface area contributed by atoms with Crippen LogP contribution < -0.4 is 20.3 Å². The first-order valence-corrected chi connectivity index (χ1v) is 7.41. The molecule has 0 amide bonds. The molecule has 2 N–H and O–H groups in total. The van der Waals surface area contributed by atoms with Crippen LogP contribution in [0.3, 0.4) is 0 Å². The lowest BCUT2D eigenvalue weighted by Gasteiger charge is -2.19. The zero-order valence-electron chi connectivity index (χ0n) is 12.5. The smallest absolute Gasteiger partial charge is 0.231 e. The molecule has 0 bridgehead atoms. The molecule has 4 rings (SSSR count). The van der Waals surface area contributed by atoms with E-state index in [2.05, 4.69) is 24.3 Å². The number of nitrogens with two attached hydrogens (primary N) is 1. The summed E-state index contributed by atoms with van der Waals surface area (Å²) in [6.07, 6.45) is 0. The molecule has 1 aliphatic heterocycles. The lowest BCUT2D eigenvalue weighted by molar-refractivity contribution is 0.174. The highest BCUT2D eigenvalue weighted by Gasteiger charge is 2.15. The molecular weight excluding hydrogens is 288 g/mol. The molecule has 3 aromatic carbocycles. The zero-order valence-corrected chi connectivity index (χ0v) is 12.5. The van der Waals surface area contributed by atoms with Gasteiger partial charge in [0.05, 0.1) is 11.4 Å². The number of hydrogen-bond acceptors (Lipinski definition) is 4. The van der Waals surface area contributed by atoms with Crippen LogP contribution in [0.5, 0.6) is 11.5 Å². The van der Waals surface area contributed by atoms with E-state index in [4.69, 9.17) is 15.3 Å². The summed E-state index contributed by atoms with van der Waals surface area (Å²) >= 11 is 0. The Morgan fingerprint density at radius 3 is 2.13 bits per heavy atom. The average Bonchev–Trinajstić information content (AvgIpc) is 3.10. The van der Waals surface area contributed by atoms with E-state index in [9.17, 15) is 0 Å². The van der Waals surface area contributed by atoms with Crippen LogP contribution in [-0.4, -0.2) is 6.79 Å². The van der Waals surface area contributed by atoms with Crippen molar-refractivity contribution in [3.63, 3.8) is 0 Å². The van der Waals surface area contributed by atoms with Gasteiger partial charge in [0.25, 0.3) is 0 Å². The molecule has 0 spiro atoms. The number of hydrogen-bond donors (Lipinski definition) is 1. The summed E-state index contributed by atoms with van der Waals surface area (Å²) in [7, 11) is 0. The number of benzene rings is 3. The number of nitrogens with zero attached hydrogens (tertiary/aromatic N) is 1. The fourth-order valence-corrected chi connectivity index (χ4v) is 2.63. The van der Waals surface area contributed by atoms with E-state index in [0.29, 0.717) is 0 Å². The van der Waals surface area contributed by atoms with Crippen molar-refractivity contribution in [3.05, 3.63) is 72.8 Å². The van der Waals surface area contributed by atoms with E-state index < -0.39 is 0 Å². The van der Waals surface area contributed by atoms with E-state index in [1.807, 2.05) is 48.5 Å². The maximum absolute atomic E-state index is 6.24. The van der Waals surface area contributed by atoms with Crippen LogP contribution in [0.2, 0.25) is 0 Å². The van der Waals surface area contributed by atoms with Gasteiger partial charge in [0, 0.05) is 6.07 Å². The summed E-state index contributed by atoms with van der Waals surface area (Å²) in [4.78, 5) is 0. The predicted octanol–water partition coefficient (Wildman–Crippen LogP) is 4.09. The van der Waals surface area contributed by atoms with Gasteiger partial charge < -0.3 is 9.47 Å². The lowest BCUT2D eigenvalue weighted by atomic mass is 10.1. The fraction of sp³-hybridized carbons (Fsp3) is 0.0526.